The third-order valence-electron chi connectivity index (χ3n) is 5.38. The van der Waals surface area contributed by atoms with Crippen LogP contribution in [0.5, 0.6) is 0 Å². The molecule has 1 aromatic carbocycles. The number of nitrogens with one attached hydrogen (secondary N) is 1. The lowest BCUT2D eigenvalue weighted by atomic mass is 10.0. The van der Waals surface area contributed by atoms with Crippen molar-refractivity contribution < 1.29 is 17.6 Å². The second-order valence-corrected chi connectivity index (χ2v) is 10.3. The first-order valence-corrected chi connectivity index (χ1v) is 11.8. The van der Waals surface area contributed by atoms with Gasteiger partial charge in [-0.15, -0.1) is 0 Å². The number of carbonyl (C=O) groups excluding carboxylic acids is 1. The molecule has 0 bridgehead atoms. The van der Waals surface area contributed by atoms with Crippen molar-refractivity contribution in [2.75, 3.05) is 33.7 Å². The van der Waals surface area contributed by atoms with Crippen molar-refractivity contribution in [3.63, 3.8) is 0 Å². The van der Waals surface area contributed by atoms with Crippen LogP contribution in [-0.4, -0.2) is 57.3 Å². The number of piperidine rings is 1. The number of hydrogen-bond acceptors (Lipinski definition) is 5. The van der Waals surface area contributed by atoms with E-state index in [0.29, 0.717) is 25.6 Å². The van der Waals surface area contributed by atoms with Crippen LogP contribution in [0.2, 0.25) is 5.02 Å². The van der Waals surface area contributed by atoms with Crippen LogP contribution in [-0.2, 0) is 10.0 Å². The van der Waals surface area contributed by atoms with Crippen LogP contribution in [0.25, 0.3) is 0 Å². The Bertz CT molecular complexity index is 976. The van der Waals surface area contributed by atoms with E-state index < -0.39 is 10.0 Å². The molecule has 0 spiro atoms. The van der Waals surface area contributed by atoms with Crippen LogP contribution in [0.4, 0.5) is 0 Å². The van der Waals surface area contributed by atoms with Crippen LogP contribution in [0.1, 0.15) is 41.9 Å². The normalized spacial score (nSPS) is 19.0. The molecule has 1 aliphatic heterocycles. The summed E-state index contributed by atoms with van der Waals surface area (Å²) >= 11 is 6.22. The highest BCUT2D eigenvalue weighted by atomic mass is 35.5. The lowest BCUT2D eigenvalue weighted by Crippen LogP contribution is -2.39. The second-order valence-electron chi connectivity index (χ2n) is 7.96. The van der Waals surface area contributed by atoms with Crippen molar-refractivity contribution in [3.05, 3.63) is 52.9 Å². The minimum absolute atomic E-state index is 0.0267. The smallest absolute Gasteiger partial charge is 0.251 e. The molecule has 0 saturated carbocycles. The molecule has 2 aromatic rings. The van der Waals surface area contributed by atoms with Crippen molar-refractivity contribution in [2.24, 2.45) is 5.92 Å². The summed E-state index contributed by atoms with van der Waals surface area (Å²) in [5.41, 5.74) is 0.250. The molecule has 1 amide bonds. The van der Waals surface area contributed by atoms with Gasteiger partial charge in [-0.3, -0.25) is 9.69 Å². The molecule has 1 fully saturated rings. The number of furan rings is 1. The van der Waals surface area contributed by atoms with E-state index >= 15 is 0 Å². The Morgan fingerprint density at radius 2 is 2.13 bits per heavy atom. The number of nitrogens with zero attached hydrogens (tertiary/aromatic N) is 2. The van der Waals surface area contributed by atoms with Gasteiger partial charge in [0.2, 0.25) is 10.0 Å². The largest absolute Gasteiger partial charge is 0.468 e. The first-order valence-electron chi connectivity index (χ1n) is 9.98. The second kappa shape index (κ2) is 9.51. The minimum atomic E-state index is -3.76. The number of benzene rings is 1. The van der Waals surface area contributed by atoms with Gasteiger partial charge < -0.3 is 9.73 Å². The van der Waals surface area contributed by atoms with Gasteiger partial charge in [-0.25, -0.2) is 8.42 Å². The zero-order valence-corrected chi connectivity index (χ0v) is 19.0. The van der Waals surface area contributed by atoms with Gasteiger partial charge in [0, 0.05) is 25.2 Å². The van der Waals surface area contributed by atoms with Crippen molar-refractivity contribution in [3.8, 4) is 0 Å². The average Bonchev–Trinajstić information content (AvgIpc) is 3.22. The number of likely N-dealkylation sites (N-methyl/N-ethyl adjacent to an activating group) is 1. The van der Waals surface area contributed by atoms with E-state index in [1.807, 2.05) is 32.0 Å². The van der Waals surface area contributed by atoms with Gasteiger partial charge >= 0.3 is 0 Å². The minimum Gasteiger partial charge on any atom is -0.468 e. The van der Waals surface area contributed by atoms with Gasteiger partial charge in [-0.2, -0.15) is 4.31 Å². The lowest BCUT2D eigenvalue weighted by molar-refractivity contribution is 0.0939. The molecule has 1 aromatic heterocycles. The van der Waals surface area contributed by atoms with Crippen LogP contribution in [0, 0.1) is 5.92 Å². The molecular formula is C21H28ClN3O4S. The fraction of sp³-hybridized carbons (Fsp3) is 0.476. The molecule has 164 valence electrons. The van der Waals surface area contributed by atoms with Crippen LogP contribution < -0.4 is 5.32 Å². The van der Waals surface area contributed by atoms with Gasteiger partial charge in [-0.1, -0.05) is 18.5 Å². The molecule has 0 aliphatic carbocycles. The monoisotopic (exact) mass is 453 g/mol. The summed E-state index contributed by atoms with van der Waals surface area (Å²) in [4.78, 5) is 14.7. The van der Waals surface area contributed by atoms with Gasteiger partial charge in [-0.05, 0) is 63.2 Å². The summed E-state index contributed by atoms with van der Waals surface area (Å²) in [7, 11) is 0.0259. The maximum atomic E-state index is 13.1. The molecule has 2 heterocycles. The van der Waals surface area contributed by atoms with E-state index in [2.05, 4.69) is 5.32 Å². The number of hydrogen-bond donors (Lipinski definition) is 1. The Labute approximate surface area is 183 Å². The zero-order valence-electron chi connectivity index (χ0n) is 17.5. The van der Waals surface area contributed by atoms with E-state index in [9.17, 15) is 13.2 Å². The van der Waals surface area contributed by atoms with Crippen molar-refractivity contribution in [2.45, 2.75) is 30.7 Å². The van der Waals surface area contributed by atoms with Crippen molar-refractivity contribution in [1.29, 1.82) is 0 Å². The highest BCUT2D eigenvalue weighted by Gasteiger charge is 2.31. The molecule has 2 unspecified atom stereocenters. The molecule has 7 nitrogen and oxygen atoms in total. The lowest BCUT2D eigenvalue weighted by Gasteiger charge is -2.30. The molecule has 0 radical (unpaired) electrons. The predicted molar refractivity (Wildman–Crippen MR) is 116 cm³/mol. The molecule has 1 N–H and O–H groups in total. The number of carbonyl (C=O) groups is 1. The summed E-state index contributed by atoms with van der Waals surface area (Å²) in [6, 6.07) is 7.87. The summed E-state index contributed by atoms with van der Waals surface area (Å²) in [5.74, 6) is 0.663. The summed E-state index contributed by atoms with van der Waals surface area (Å²) in [6.45, 7) is 3.27. The van der Waals surface area contributed by atoms with E-state index in [1.54, 1.807) is 12.3 Å². The molecular weight excluding hydrogens is 426 g/mol. The summed E-state index contributed by atoms with van der Waals surface area (Å²) in [6.07, 6.45) is 3.41. The molecule has 1 saturated heterocycles. The average molecular weight is 454 g/mol. The van der Waals surface area contributed by atoms with E-state index in [4.69, 9.17) is 16.0 Å². The van der Waals surface area contributed by atoms with Crippen molar-refractivity contribution >= 4 is 27.5 Å². The standard InChI is InChI=1S/C21H28ClN3O4S/c1-15-6-4-10-25(14-15)30(27,28)20-12-16(8-9-17(20)22)21(26)23-13-18(24(2)3)19-7-5-11-29-19/h5,7-9,11-12,15,18H,4,6,10,13-14H2,1-3H3,(H,23,26). The zero-order chi connectivity index (χ0) is 21.9. The van der Waals surface area contributed by atoms with Crippen molar-refractivity contribution in [1.82, 2.24) is 14.5 Å². The third kappa shape index (κ3) is 5.06. The van der Waals surface area contributed by atoms with Gasteiger partial charge in [0.15, 0.2) is 0 Å². The number of rotatable bonds is 7. The topological polar surface area (TPSA) is 82.9 Å². The van der Waals surface area contributed by atoms with E-state index in [0.717, 1.165) is 18.6 Å². The Balaban J connectivity index is 1.78. The highest BCUT2D eigenvalue weighted by Crippen LogP contribution is 2.29. The maximum Gasteiger partial charge on any atom is 0.251 e. The quantitative estimate of drug-likeness (QED) is 0.694. The first kappa shape index (κ1) is 22.8. The first-order chi connectivity index (χ1) is 14.2. The fourth-order valence-corrected chi connectivity index (χ4v) is 5.75. The van der Waals surface area contributed by atoms with Gasteiger partial charge in [0.05, 0.1) is 17.3 Å². The van der Waals surface area contributed by atoms with Crippen LogP contribution >= 0.6 is 11.6 Å². The molecule has 3 rings (SSSR count). The summed E-state index contributed by atoms with van der Waals surface area (Å²) in [5, 5.41) is 2.98. The number of amides is 1. The number of halogens is 1. The van der Waals surface area contributed by atoms with Crippen LogP contribution in [0.3, 0.4) is 0 Å². The fourth-order valence-electron chi connectivity index (χ4n) is 3.66. The Hall–Kier alpha value is -1.87. The Morgan fingerprint density at radius 1 is 1.37 bits per heavy atom. The van der Waals surface area contributed by atoms with Crippen LogP contribution in [0.15, 0.2) is 45.9 Å². The number of sulfonamides is 1. The molecule has 1 aliphatic rings. The molecule has 2 atom stereocenters. The van der Waals surface area contributed by atoms with Gasteiger partial charge in [0.25, 0.3) is 5.91 Å². The van der Waals surface area contributed by atoms with E-state index in [-0.39, 0.29) is 27.4 Å². The van der Waals surface area contributed by atoms with Gasteiger partial charge in [0.1, 0.15) is 10.7 Å². The molecule has 9 heteroatoms. The predicted octanol–water partition coefficient (Wildman–Crippen LogP) is 3.39. The SMILES string of the molecule is CC1CCCN(S(=O)(=O)c2cc(C(=O)NCC(c3ccco3)N(C)C)ccc2Cl)C1. The Kier molecular flexibility index (Phi) is 7.23. The summed E-state index contributed by atoms with van der Waals surface area (Å²) < 4.78 is 33.2. The van der Waals surface area contributed by atoms with E-state index in [1.165, 1.54) is 22.5 Å². The molecule has 30 heavy (non-hydrogen) atoms. The maximum absolute atomic E-state index is 13.1. The third-order valence-corrected chi connectivity index (χ3v) is 7.73. The highest BCUT2D eigenvalue weighted by molar-refractivity contribution is 7.89. The Morgan fingerprint density at radius 3 is 2.77 bits per heavy atom.